The molecule has 4 aliphatic carbocycles. The maximum atomic E-state index is 14.9. The Morgan fingerprint density at radius 1 is 0.506 bits per heavy atom. The molecule has 466 valence electrons. The SMILES string of the molecule is C=C1C[C@@]23CCC4[C@](C)(C(=O)O[C@@H]5OC(CO)[C@@H](O)[C@@H](O)C5O[C@@H]5OC(CO)[C@@H](O)[C@@H](O)C5O)CCC[C@@]4(C)[C@@H]2CCC1(OC[C@@H]1OC(CO)[C@@H](O)[C@@H](COC[C@@H]2OC(CO)[C@@H](O)[C@@H](O)C2O)C1O[C@@H]1OC(CO)[C@@H](O)[C@@H](O)C1O)C3. The quantitative estimate of drug-likeness (QED) is 0.0448. The molecule has 0 amide bonds. The Morgan fingerprint density at radius 2 is 0.988 bits per heavy atom. The van der Waals surface area contributed by atoms with Gasteiger partial charge in [-0.05, 0) is 86.5 Å². The second-order valence-electron chi connectivity index (χ2n) is 24.7. The van der Waals surface area contributed by atoms with Crippen molar-refractivity contribution in [2.75, 3.05) is 52.9 Å². The van der Waals surface area contributed by atoms with Gasteiger partial charge in [-0.15, -0.1) is 0 Å². The van der Waals surface area contributed by atoms with Gasteiger partial charge < -0.3 is 134 Å². The van der Waals surface area contributed by atoms with E-state index in [1.54, 1.807) is 0 Å². The summed E-state index contributed by atoms with van der Waals surface area (Å²) in [5.41, 5.74) is -2.10. The molecule has 1 spiro atoms. The molecule has 17 N–H and O–H groups in total. The number of hydrogen-bond acceptors (Lipinski definition) is 28. The van der Waals surface area contributed by atoms with Crippen molar-refractivity contribution in [3.63, 3.8) is 0 Å². The van der Waals surface area contributed by atoms with Gasteiger partial charge in [0.1, 0.15) is 110 Å². The summed E-state index contributed by atoms with van der Waals surface area (Å²) in [5.74, 6) is -2.10. The number of hydrogen-bond donors (Lipinski definition) is 17. The first kappa shape index (κ1) is 63.7. The molecule has 12 unspecified atom stereocenters. The molecule has 5 aliphatic heterocycles. The number of esters is 1. The molecule has 5 saturated heterocycles. The number of carbonyl (C=O) groups excluding carboxylic acids is 1. The lowest BCUT2D eigenvalue weighted by atomic mass is 9.41. The Bertz CT molecular complexity index is 2130. The van der Waals surface area contributed by atoms with Crippen molar-refractivity contribution in [1.29, 1.82) is 0 Å². The molecule has 9 rings (SSSR count). The normalized spacial score (nSPS) is 52.9. The average molecular weight is 1170 g/mol. The average Bonchev–Trinajstić information content (AvgIpc) is 3.97. The second kappa shape index (κ2) is 25.1. The summed E-state index contributed by atoms with van der Waals surface area (Å²) in [4.78, 5) is 14.9. The zero-order valence-corrected chi connectivity index (χ0v) is 45.4. The molecule has 28 heteroatoms. The van der Waals surface area contributed by atoms with Crippen LogP contribution in [0.2, 0.25) is 0 Å². The number of ether oxygens (including phenoxy) is 10. The first-order chi connectivity index (χ1) is 38.4. The number of aliphatic hydroxyl groups is 17. The molecule has 4 saturated carbocycles. The van der Waals surface area contributed by atoms with Crippen LogP contribution in [0, 0.1) is 34.0 Å². The van der Waals surface area contributed by atoms with E-state index >= 15 is 0 Å². The van der Waals surface area contributed by atoms with E-state index in [4.69, 9.17) is 47.4 Å². The summed E-state index contributed by atoms with van der Waals surface area (Å²) in [6.07, 6.45) is -33.5. The van der Waals surface area contributed by atoms with Crippen LogP contribution in [-0.2, 0) is 52.2 Å². The molecular weight excluding hydrogens is 1080 g/mol. The summed E-state index contributed by atoms with van der Waals surface area (Å²) in [6.45, 7) is 3.72. The Morgan fingerprint density at radius 3 is 1.57 bits per heavy atom. The number of carbonyl (C=O) groups is 1. The van der Waals surface area contributed by atoms with Gasteiger partial charge in [0.25, 0.3) is 0 Å². The standard InChI is InChI=1S/C53H86O28/c1-21-11-52-9-5-30-50(2,7-4-8-51(30,3)49(71)81-48-45(41(68)36(63)27(16-58)78-48)80-47-43(70)40(67)35(62)26(15-57)77-47)31(52)6-10-53(21,20-52)73-19-29-44(79-46-42(69)39(66)34(61)25(14-56)76-46)22(32(59)23(12-54)75-29)17-72-18-28-37(64)38(65)33(60)24(13-55)74-28/h22-48,54-70H,1,4-20H2,2-3H3/t22-,23?,24?,25?,26?,27?,28+,29+,30?,31+,32+,33-,34-,35-,36-,37?,38-,39-,40-,41-,42?,43?,44?,45?,46+,47+,48+,50-,51-,52-,53?/m1/s1. The van der Waals surface area contributed by atoms with Crippen molar-refractivity contribution >= 4 is 5.97 Å². The third kappa shape index (κ3) is 11.4. The van der Waals surface area contributed by atoms with Crippen LogP contribution in [0.4, 0.5) is 0 Å². The van der Waals surface area contributed by atoms with Gasteiger partial charge >= 0.3 is 5.97 Å². The van der Waals surface area contributed by atoms with Crippen LogP contribution in [0.25, 0.3) is 0 Å². The maximum absolute atomic E-state index is 14.9. The summed E-state index contributed by atoms with van der Waals surface area (Å²) in [6, 6.07) is 0. The van der Waals surface area contributed by atoms with Crippen LogP contribution in [0.3, 0.4) is 0 Å². The highest BCUT2D eigenvalue weighted by Gasteiger charge is 2.69. The van der Waals surface area contributed by atoms with E-state index < -0.39 is 222 Å². The second-order valence-corrected chi connectivity index (χ2v) is 24.7. The molecule has 9 fully saturated rings. The largest absolute Gasteiger partial charge is 0.432 e. The van der Waals surface area contributed by atoms with E-state index in [0.717, 1.165) is 12.0 Å². The molecule has 28 nitrogen and oxygen atoms in total. The van der Waals surface area contributed by atoms with Gasteiger partial charge in [-0.25, -0.2) is 0 Å². The fraction of sp³-hybridized carbons (Fsp3) is 0.943. The zero-order valence-electron chi connectivity index (χ0n) is 45.4. The van der Waals surface area contributed by atoms with E-state index in [1.807, 2.05) is 6.92 Å². The predicted molar refractivity (Wildman–Crippen MR) is 266 cm³/mol. The Labute approximate surface area is 467 Å². The van der Waals surface area contributed by atoms with Crippen molar-refractivity contribution < 1.29 is 139 Å². The monoisotopic (exact) mass is 1170 g/mol. The van der Waals surface area contributed by atoms with Crippen LogP contribution in [-0.4, -0.2) is 298 Å². The highest BCUT2D eigenvalue weighted by atomic mass is 16.8. The van der Waals surface area contributed by atoms with Gasteiger partial charge in [0, 0.05) is 5.92 Å². The minimum absolute atomic E-state index is 0.0310. The van der Waals surface area contributed by atoms with E-state index in [-0.39, 0.29) is 23.9 Å². The zero-order chi connectivity index (χ0) is 58.8. The molecule has 0 aromatic carbocycles. The van der Waals surface area contributed by atoms with Crippen molar-refractivity contribution in [1.82, 2.24) is 0 Å². The summed E-state index contributed by atoms with van der Waals surface area (Å²) in [5, 5.41) is 180. The van der Waals surface area contributed by atoms with Crippen LogP contribution in [0.1, 0.15) is 71.6 Å². The van der Waals surface area contributed by atoms with E-state index in [0.29, 0.717) is 51.4 Å². The molecule has 0 aromatic heterocycles. The third-order valence-electron chi connectivity index (χ3n) is 20.2. The Kier molecular flexibility index (Phi) is 19.7. The van der Waals surface area contributed by atoms with Crippen LogP contribution < -0.4 is 0 Å². The summed E-state index contributed by atoms with van der Waals surface area (Å²) < 4.78 is 60.3. The molecule has 81 heavy (non-hydrogen) atoms. The molecule has 2 bridgehead atoms. The fourth-order valence-corrected chi connectivity index (χ4v) is 15.7. The lowest BCUT2D eigenvalue weighted by Crippen LogP contribution is -2.65. The number of aliphatic hydroxyl groups excluding tert-OH is 17. The van der Waals surface area contributed by atoms with Crippen molar-refractivity contribution in [2.24, 2.45) is 34.0 Å². The highest BCUT2D eigenvalue weighted by Crippen LogP contribution is 2.73. The first-order valence-electron chi connectivity index (χ1n) is 28.3. The molecule has 0 aromatic rings. The van der Waals surface area contributed by atoms with Crippen LogP contribution in [0.5, 0.6) is 0 Å². The van der Waals surface area contributed by atoms with Gasteiger partial charge in [-0.1, -0.05) is 19.9 Å². The molecule has 0 radical (unpaired) electrons. The minimum atomic E-state index is -1.92. The van der Waals surface area contributed by atoms with Gasteiger partial charge in [0.15, 0.2) is 18.7 Å². The number of fused-ring (bicyclic) bond motifs is 3. The summed E-state index contributed by atoms with van der Waals surface area (Å²) in [7, 11) is 0. The Hall–Kier alpha value is -1.83. The minimum Gasteiger partial charge on any atom is -0.432 e. The van der Waals surface area contributed by atoms with Crippen molar-refractivity contribution in [3.8, 4) is 0 Å². The first-order valence-corrected chi connectivity index (χ1v) is 28.3. The smallest absolute Gasteiger partial charge is 0.314 e. The fourth-order valence-electron chi connectivity index (χ4n) is 15.7. The van der Waals surface area contributed by atoms with E-state index in [1.165, 1.54) is 0 Å². The van der Waals surface area contributed by atoms with Crippen molar-refractivity contribution in [3.05, 3.63) is 12.2 Å². The van der Waals surface area contributed by atoms with Crippen molar-refractivity contribution in [2.45, 2.75) is 224 Å². The molecular formula is C53H86O28. The highest BCUT2D eigenvalue weighted by molar-refractivity contribution is 5.77. The third-order valence-corrected chi connectivity index (χ3v) is 20.2. The lowest BCUT2D eigenvalue weighted by molar-refractivity contribution is -0.363. The van der Waals surface area contributed by atoms with Crippen LogP contribution in [0.15, 0.2) is 12.2 Å². The maximum Gasteiger partial charge on any atom is 0.314 e. The predicted octanol–water partition coefficient (Wildman–Crippen LogP) is -6.96. The summed E-state index contributed by atoms with van der Waals surface area (Å²) >= 11 is 0. The van der Waals surface area contributed by atoms with Gasteiger partial charge in [-0.2, -0.15) is 0 Å². The van der Waals surface area contributed by atoms with Gasteiger partial charge in [0.2, 0.25) is 6.29 Å². The Balaban J connectivity index is 0.919. The van der Waals surface area contributed by atoms with Gasteiger partial charge in [0.05, 0.1) is 76.1 Å². The molecule has 31 atom stereocenters. The topological polar surface area (TPSA) is 453 Å². The number of rotatable bonds is 18. The molecule has 9 aliphatic rings. The van der Waals surface area contributed by atoms with E-state index in [9.17, 15) is 91.6 Å². The van der Waals surface area contributed by atoms with Gasteiger partial charge in [-0.3, -0.25) is 4.79 Å². The molecule has 5 heterocycles. The van der Waals surface area contributed by atoms with E-state index in [2.05, 4.69) is 13.5 Å². The lowest BCUT2D eigenvalue weighted by Gasteiger charge is -2.64. The van der Waals surface area contributed by atoms with Crippen LogP contribution >= 0.6 is 0 Å².